The van der Waals surface area contributed by atoms with E-state index >= 15 is 0 Å². The summed E-state index contributed by atoms with van der Waals surface area (Å²) in [5.74, 6) is -2.69. The summed E-state index contributed by atoms with van der Waals surface area (Å²) in [4.78, 5) is 61.1. The van der Waals surface area contributed by atoms with Gasteiger partial charge in [0, 0.05) is 6.54 Å². The Morgan fingerprint density at radius 3 is 2.37 bits per heavy atom. The van der Waals surface area contributed by atoms with Gasteiger partial charge in [0.05, 0.1) is 16.7 Å². The zero-order valence-corrected chi connectivity index (χ0v) is 16.1. The number of esters is 1. The van der Waals surface area contributed by atoms with E-state index in [0.717, 1.165) is 10.5 Å². The second-order valence-corrected chi connectivity index (χ2v) is 6.66. The summed E-state index contributed by atoms with van der Waals surface area (Å²) in [5, 5.41) is 1.80. The number of amides is 5. The molecule has 1 aliphatic heterocycles. The van der Waals surface area contributed by atoms with Crippen molar-refractivity contribution < 1.29 is 28.7 Å². The molecule has 1 aliphatic rings. The number of fused-ring (bicyclic) bond motifs is 1. The highest BCUT2D eigenvalue weighted by Crippen LogP contribution is 2.25. The van der Waals surface area contributed by atoms with E-state index in [1.807, 2.05) is 30.3 Å². The SMILES string of the molecule is CC(OC(=O)c1ccc2c(c1)C(=O)N(CCc1ccccc1)C2=O)C(=O)NC(N)=O. The Balaban J connectivity index is 1.70. The summed E-state index contributed by atoms with van der Waals surface area (Å²) >= 11 is 0. The van der Waals surface area contributed by atoms with Crippen molar-refractivity contribution in [3.63, 3.8) is 0 Å². The number of ether oxygens (including phenoxy) is 1. The molecule has 3 rings (SSSR count). The van der Waals surface area contributed by atoms with Crippen LogP contribution in [-0.2, 0) is 16.0 Å². The lowest BCUT2D eigenvalue weighted by Gasteiger charge is -2.13. The molecule has 0 spiro atoms. The standard InChI is InChI=1S/C21H19N3O6/c1-12(17(25)23-21(22)29)30-20(28)14-7-8-15-16(11-14)19(27)24(18(15)26)10-9-13-5-3-2-4-6-13/h2-8,11-12H,9-10H2,1H3,(H3,22,23,25,29). The smallest absolute Gasteiger partial charge is 0.338 e. The number of rotatable bonds is 6. The van der Waals surface area contributed by atoms with Crippen LogP contribution in [0.2, 0.25) is 0 Å². The lowest BCUT2D eigenvalue weighted by atomic mass is 10.1. The molecule has 2 aromatic rings. The van der Waals surface area contributed by atoms with E-state index in [4.69, 9.17) is 10.5 Å². The Hall–Kier alpha value is -4.01. The van der Waals surface area contributed by atoms with E-state index in [1.165, 1.54) is 25.1 Å². The van der Waals surface area contributed by atoms with Gasteiger partial charge in [0.15, 0.2) is 6.10 Å². The lowest BCUT2D eigenvalue weighted by molar-refractivity contribution is -0.127. The molecular weight excluding hydrogens is 390 g/mol. The molecule has 1 heterocycles. The molecule has 0 saturated heterocycles. The number of imide groups is 2. The molecule has 2 aromatic carbocycles. The highest BCUT2D eigenvalue weighted by Gasteiger charge is 2.36. The van der Waals surface area contributed by atoms with Gasteiger partial charge >= 0.3 is 12.0 Å². The Morgan fingerprint density at radius 1 is 1.03 bits per heavy atom. The van der Waals surface area contributed by atoms with Gasteiger partial charge in [-0.2, -0.15) is 0 Å². The lowest BCUT2D eigenvalue weighted by Crippen LogP contribution is -2.42. The normalized spacial score (nSPS) is 13.6. The maximum Gasteiger partial charge on any atom is 0.338 e. The zero-order chi connectivity index (χ0) is 21.8. The van der Waals surface area contributed by atoms with Gasteiger partial charge in [0.1, 0.15) is 0 Å². The van der Waals surface area contributed by atoms with E-state index in [9.17, 15) is 24.0 Å². The maximum atomic E-state index is 12.7. The number of carbonyl (C=O) groups excluding carboxylic acids is 5. The molecular formula is C21H19N3O6. The van der Waals surface area contributed by atoms with Crippen LogP contribution in [0.25, 0.3) is 0 Å². The van der Waals surface area contributed by atoms with Crippen molar-refractivity contribution in [2.24, 2.45) is 5.73 Å². The average Bonchev–Trinajstić information content (AvgIpc) is 2.96. The number of nitrogens with zero attached hydrogens (tertiary/aromatic N) is 1. The van der Waals surface area contributed by atoms with Crippen LogP contribution in [0.1, 0.15) is 43.6 Å². The molecule has 9 heteroatoms. The molecule has 9 nitrogen and oxygen atoms in total. The highest BCUT2D eigenvalue weighted by atomic mass is 16.5. The summed E-state index contributed by atoms with van der Waals surface area (Å²) in [7, 11) is 0. The number of carbonyl (C=O) groups is 5. The molecule has 30 heavy (non-hydrogen) atoms. The second kappa shape index (κ2) is 8.56. The topological polar surface area (TPSA) is 136 Å². The first-order valence-electron chi connectivity index (χ1n) is 9.13. The molecule has 3 N–H and O–H groups in total. The van der Waals surface area contributed by atoms with Crippen LogP contribution in [-0.4, -0.2) is 47.3 Å². The van der Waals surface area contributed by atoms with Gasteiger partial charge in [-0.1, -0.05) is 30.3 Å². The third-order valence-electron chi connectivity index (χ3n) is 4.57. The zero-order valence-electron chi connectivity index (χ0n) is 16.1. The summed E-state index contributed by atoms with van der Waals surface area (Å²) < 4.78 is 4.98. The third kappa shape index (κ3) is 4.35. The Bertz CT molecular complexity index is 1030. The monoisotopic (exact) mass is 409 g/mol. The average molecular weight is 409 g/mol. The Labute approximate surface area is 171 Å². The molecule has 0 aromatic heterocycles. The molecule has 0 radical (unpaired) electrons. The molecule has 1 unspecified atom stereocenters. The molecule has 5 amide bonds. The van der Waals surface area contributed by atoms with Crippen LogP contribution in [0.4, 0.5) is 4.79 Å². The van der Waals surface area contributed by atoms with Crippen LogP contribution < -0.4 is 11.1 Å². The number of urea groups is 1. The molecule has 0 aliphatic carbocycles. The third-order valence-corrected chi connectivity index (χ3v) is 4.57. The van der Waals surface area contributed by atoms with Crippen molar-refractivity contribution in [3.05, 3.63) is 70.8 Å². The fourth-order valence-corrected chi connectivity index (χ4v) is 3.01. The van der Waals surface area contributed by atoms with E-state index in [2.05, 4.69) is 0 Å². The van der Waals surface area contributed by atoms with Gasteiger partial charge in [0.2, 0.25) is 0 Å². The fraction of sp³-hybridized carbons (Fsp3) is 0.190. The van der Waals surface area contributed by atoms with Crippen LogP contribution in [0.3, 0.4) is 0 Å². The Morgan fingerprint density at radius 2 is 1.70 bits per heavy atom. The molecule has 0 bridgehead atoms. The van der Waals surface area contributed by atoms with Crippen molar-refractivity contribution >= 4 is 29.7 Å². The van der Waals surface area contributed by atoms with Crippen LogP contribution in [0.5, 0.6) is 0 Å². The van der Waals surface area contributed by atoms with E-state index in [1.54, 1.807) is 5.32 Å². The van der Waals surface area contributed by atoms with E-state index in [0.29, 0.717) is 6.42 Å². The van der Waals surface area contributed by atoms with E-state index in [-0.39, 0.29) is 23.2 Å². The minimum absolute atomic E-state index is 0.00136. The molecule has 0 fully saturated rings. The fourth-order valence-electron chi connectivity index (χ4n) is 3.01. The van der Waals surface area contributed by atoms with Gasteiger partial charge in [-0.25, -0.2) is 9.59 Å². The minimum atomic E-state index is -1.28. The predicted molar refractivity (Wildman–Crippen MR) is 105 cm³/mol. The number of hydrogen-bond donors (Lipinski definition) is 2. The highest BCUT2D eigenvalue weighted by molar-refractivity contribution is 6.22. The van der Waals surface area contributed by atoms with Gasteiger partial charge in [0.25, 0.3) is 17.7 Å². The van der Waals surface area contributed by atoms with Gasteiger partial charge in [-0.15, -0.1) is 0 Å². The molecule has 0 saturated carbocycles. The van der Waals surface area contributed by atoms with Gasteiger partial charge < -0.3 is 10.5 Å². The predicted octanol–water partition coefficient (Wildman–Crippen LogP) is 1.27. The van der Waals surface area contributed by atoms with Crippen molar-refractivity contribution in [2.45, 2.75) is 19.4 Å². The largest absolute Gasteiger partial charge is 0.449 e. The summed E-state index contributed by atoms with van der Waals surface area (Å²) in [6.45, 7) is 1.48. The number of primary amides is 1. The van der Waals surface area contributed by atoms with Gasteiger partial charge in [-0.3, -0.25) is 24.6 Å². The first-order valence-corrected chi connectivity index (χ1v) is 9.13. The van der Waals surface area contributed by atoms with Crippen molar-refractivity contribution in [2.75, 3.05) is 6.54 Å². The quantitative estimate of drug-likeness (QED) is 0.545. The van der Waals surface area contributed by atoms with Crippen LogP contribution in [0, 0.1) is 0 Å². The van der Waals surface area contributed by atoms with Crippen molar-refractivity contribution in [3.8, 4) is 0 Å². The number of benzene rings is 2. The summed E-state index contributed by atoms with van der Waals surface area (Å²) in [6, 6.07) is 12.3. The van der Waals surface area contributed by atoms with Crippen molar-refractivity contribution in [1.82, 2.24) is 10.2 Å². The molecule has 1 atom stereocenters. The Kier molecular flexibility index (Phi) is 5.91. The molecule has 154 valence electrons. The summed E-state index contributed by atoms with van der Waals surface area (Å²) in [6.07, 6.45) is -0.772. The number of hydrogen-bond acceptors (Lipinski definition) is 6. The van der Waals surface area contributed by atoms with Crippen LogP contribution in [0.15, 0.2) is 48.5 Å². The van der Waals surface area contributed by atoms with Gasteiger partial charge in [-0.05, 0) is 37.1 Å². The van der Waals surface area contributed by atoms with Crippen molar-refractivity contribution in [1.29, 1.82) is 0 Å². The first-order chi connectivity index (χ1) is 14.3. The number of nitrogens with one attached hydrogen (secondary N) is 1. The maximum absolute atomic E-state index is 12.7. The number of nitrogens with two attached hydrogens (primary N) is 1. The minimum Gasteiger partial charge on any atom is -0.449 e. The first kappa shape index (κ1) is 20.7. The van der Waals surface area contributed by atoms with Crippen LogP contribution >= 0.6 is 0 Å². The summed E-state index contributed by atoms with van der Waals surface area (Å²) in [5.41, 5.74) is 6.13. The second-order valence-electron chi connectivity index (χ2n) is 6.66. The van der Waals surface area contributed by atoms with E-state index < -0.39 is 35.8 Å².